The summed E-state index contributed by atoms with van der Waals surface area (Å²) in [5, 5.41) is 4.08. The largest absolute Gasteiger partial charge is 0.306 e. The van der Waals surface area contributed by atoms with Gasteiger partial charge in [-0.15, -0.1) is 0 Å². The van der Waals surface area contributed by atoms with Crippen LogP contribution in [0.4, 0.5) is 0 Å². The SMILES string of the molecule is C1CCC2(CC1)CCC1(CCCC1)N2. The molecule has 2 spiro atoms. The van der Waals surface area contributed by atoms with Gasteiger partial charge in [0.25, 0.3) is 0 Å². The first-order valence-corrected chi connectivity index (χ1v) is 6.62. The fraction of sp³-hybridized carbons (Fsp3) is 1.00. The van der Waals surface area contributed by atoms with Crippen LogP contribution >= 0.6 is 0 Å². The molecule has 1 nitrogen and oxygen atoms in total. The van der Waals surface area contributed by atoms with Crippen molar-refractivity contribution in [2.45, 2.75) is 81.7 Å². The Balaban J connectivity index is 1.73. The maximum absolute atomic E-state index is 4.08. The van der Waals surface area contributed by atoms with Gasteiger partial charge in [-0.3, -0.25) is 0 Å². The highest BCUT2D eigenvalue weighted by atomic mass is 15.1. The summed E-state index contributed by atoms with van der Waals surface area (Å²) in [5.41, 5.74) is 1.21. The minimum atomic E-state index is 0.600. The maximum atomic E-state index is 4.08. The van der Waals surface area contributed by atoms with Crippen molar-refractivity contribution in [2.75, 3.05) is 0 Å². The Hall–Kier alpha value is -0.0400. The molecule has 0 unspecified atom stereocenters. The van der Waals surface area contributed by atoms with Gasteiger partial charge in [-0.1, -0.05) is 32.1 Å². The molecular formula is C13H23N. The van der Waals surface area contributed by atoms with E-state index in [4.69, 9.17) is 0 Å². The second kappa shape index (κ2) is 3.23. The van der Waals surface area contributed by atoms with Crippen LogP contribution in [-0.2, 0) is 0 Å². The molecule has 1 heterocycles. The maximum Gasteiger partial charge on any atom is 0.0187 e. The predicted molar refractivity (Wildman–Crippen MR) is 59.4 cm³/mol. The van der Waals surface area contributed by atoms with E-state index in [9.17, 15) is 0 Å². The van der Waals surface area contributed by atoms with Crippen LogP contribution < -0.4 is 5.32 Å². The second-order valence-electron chi connectivity index (χ2n) is 5.95. The Labute approximate surface area is 87.7 Å². The van der Waals surface area contributed by atoms with Crippen LogP contribution in [-0.4, -0.2) is 11.1 Å². The molecule has 3 aliphatic rings. The number of rotatable bonds is 0. The summed E-state index contributed by atoms with van der Waals surface area (Å²) >= 11 is 0. The fourth-order valence-corrected chi connectivity index (χ4v) is 4.20. The van der Waals surface area contributed by atoms with Crippen molar-refractivity contribution in [3.63, 3.8) is 0 Å². The first kappa shape index (κ1) is 9.21. The van der Waals surface area contributed by atoms with Gasteiger partial charge in [-0.05, 0) is 38.5 Å². The molecule has 2 aliphatic carbocycles. The zero-order valence-corrected chi connectivity index (χ0v) is 9.28. The van der Waals surface area contributed by atoms with Gasteiger partial charge in [0.1, 0.15) is 0 Å². The average molecular weight is 193 g/mol. The summed E-state index contributed by atoms with van der Waals surface area (Å²) < 4.78 is 0. The lowest BCUT2D eigenvalue weighted by molar-refractivity contribution is 0.226. The third-order valence-corrected chi connectivity index (χ3v) is 4.98. The Morgan fingerprint density at radius 3 is 1.43 bits per heavy atom. The van der Waals surface area contributed by atoms with E-state index in [1.54, 1.807) is 0 Å². The predicted octanol–water partition coefficient (Wildman–Crippen LogP) is 3.39. The first-order valence-electron chi connectivity index (χ1n) is 6.62. The number of nitrogens with one attached hydrogen (secondary N) is 1. The highest BCUT2D eigenvalue weighted by Gasteiger charge is 2.48. The molecule has 1 aliphatic heterocycles. The highest BCUT2D eigenvalue weighted by molar-refractivity contribution is 5.08. The molecule has 2 saturated carbocycles. The molecule has 80 valence electrons. The van der Waals surface area contributed by atoms with Crippen LogP contribution in [0.15, 0.2) is 0 Å². The van der Waals surface area contributed by atoms with Gasteiger partial charge < -0.3 is 5.32 Å². The van der Waals surface area contributed by atoms with E-state index in [0.29, 0.717) is 11.1 Å². The van der Waals surface area contributed by atoms with Gasteiger partial charge in [0, 0.05) is 11.1 Å². The lowest BCUT2D eigenvalue weighted by Crippen LogP contribution is -2.50. The highest BCUT2D eigenvalue weighted by Crippen LogP contribution is 2.46. The summed E-state index contributed by atoms with van der Waals surface area (Å²) in [6.07, 6.45) is 16.2. The van der Waals surface area contributed by atoms with Crippen molar-refractivity contribution in [1.29, 1.82) is 0 Å². The molecule has 3 rings (SSSR count). The molecule has 1 heteroatoms. The minimum absolute atomic E-state index is 0.600. The van der Waals surface area contributed by atoms with E-state index in [1.807, 2.05) is 0 Å². The Morgan fingerprint density at radius 1 is 0.500 bits per heavy atom. The quantitative estimate of drug-likeness (QED) is 0.622. The lowest BCUT2D eigenvalue weighted by Gasteiger charge is -2.37. The van der Waals surface area contributed by atoms with Gasteiger partial charge in [0.15, 0.2) is 0 Å². The number of hydrogen-bond donors (Lipinski definition) is 1. The molecule has 0 radical (unpaired) electrons. The van der Waals surface area contributed by atoms with E-state index in [1.165, 1.54) is 70.6 Å². The second-order valence-corrected chi connectivity index (χ2v) is 5.95. The summed E-state index contributed by atoms with van der Waals surface area (Å²) in [6.45, 7) is 0. The summed E-state index contributed by atoms with van der Waals surface area (Å²) in [5.74, 6) is 0. The zero-order valence-electron chi connectivity index (χ0n) is 9.28. The minimum Gasteiger partial charge on any atom is -0.306 e. The third kappa shape index (κ3) is 1.41. The number of hydrogen-bond acceptors (Lipinski definition) is 1. The molecule has 1 N–H and O–H groups in total. The van der Waals surface area contributed by atoms with Crippen molar-refractivity contribution in [1.82, 2.24) is 5.32 Å². The summed E-state index contributed by atoms with van der Waals surface area (Å²) in [6, 6.07) is 0. The smallest absolute Gasteiger partial charge is 0.0187 e. The van der Waals surface area contributed by atoms with Crippen molar-refractivity contribution in [2.24, 2.45) is 0 Å². The van der Waals surface area contributed by atoms with Crippen molar-refractivity contribution < 1.29 is 0 Å². The molecule has 3 fully saturated rings. The van der Waals surface area contributed by atoms with Crippen molar-refractivity contribution >= 4 is 0 Å². The van der Waals surface area contributed by atoms with Crippen LogP contribution in [0.2, 0.25) is 0 Å². The normalized spacial score (nSPS) is 34.3. The van der Waals surface area contributed by atoms with E-state index in [2.05, 4.69) is 5.32 Å². The molecule has 0 bridgehead atoms. The topological polar surface area (TPSA) is 12.0 Å². The third-order valence-electron chi connectivity index (χ3n) is 4.98. The Kier molecular flexibility index (Phi) is 2.12. The molecule has 14 heavy (non-hydrogen) atoms. The molecule has 0 aromatic rings. The monoisotopic (exact) mass is 193 g/mol. The van der Waals surface area contributed by atoms with Gasteiger partial charge in [-0.2, -0.15) is 0 Å². The molecule has 0 aromatic carbocycles. The average Bonchev–Trinajstić information content (AvgIpc) is 2.78. The van der Waals surface area contributed by atoms with Crippen LogP contribution in [0.3, 0.4) is 0 Å². The van der Waals surface area contributed by atoms with Crippen LogP contribution in [0.25, 0.3) is 0 Å². The van der Waals surface area contributed by atoms with E-state index < -0.39 is 0 Å². The fourth-order valence-electron chi connectivity index (χ4n) is 4.20. The lowest BCUT2D eigenvalue weighted by atomic mass is 9.81. The summed E-state index contributed by atoms with van der Waals surface area (Å²) in [4.78, 5) is 0. The molecular weight excluding hydrogens is 170 g/mol. The van der Waals surface area contributed by atoms with Gasteiger partial charge in [0.2, 0.25) is 0 Å². The van der Waals surface area contributed by atoms with Gasteiger partial charge >= 0.3 is 0 Å². The van der Waals surface area contributed by atoms with E-state index in [0.717, 1.165) is 0 Å². The van der Waals surface area contributed by atoms with Gasteiger partial charge in [-0.25, -0.2) is 0 Å². The van der Waals surface area contributed by atoms with Crippen molar-refractivity contribution in [3.05, 3.63) is 0 Å². The molecule has 0 aromatic heterocycles. The van der Waals surface area contributed by atoms with Crippen LogP contribution in [0.5, 0.6) is 0 Å². The van der Waals surface area contributed by atoms with Crippen LogP contribution in [0, 0.1) is 0 Å². The van der Waals surface area contributed by atoms with Crippen LogP contribution in [0.1, 0.15) is 70.6 Å². The Morgan fingerprint density at radius 2 is 0.929 bits per heavy atom. The summed E-state index contributed by atoms with van der Waals surface area (Å²) in [7, 11) is 0. The first-order chi connectivity index (χ1) is 6.83. The molecule has 0 amide bonds. The standard InChI is InChI=1S/C13H23N/c1-2-6-12(7-3-1)10-11-13(14-12)8-4-5-9-13/h14H,1-11H2. The van der Waals surface area contributed by atoms with E-state index >= 15 is 0 Å². The Bertz CT molecular complexity index is 209. The zero-order chi connectivity index (χ0) is 9.49. The van der Waals surface area contributed by atoms with E-state index in [-0.39, 0.29) is 0 Å². The molecule has 0 atom stereocenters. The van der Waals surface area contributed by atoms with Gasteiger partial charge in [0.05, 0.1) is 0 Å². The van der Waals surface area contributed by atoms with Crippen molar-refractivity contribution in [3.8, 4) is 0 Å². The molecule has 1 saturated heterocycles.